The van der Waals surface area contributed by atoms with E-state index in [0.717, 1.165) is 10.5 Å². The molecule has 0 aliphatic rings. The SMILES string of the molecule is O=C(CCc1ccccc1)N(CCBr)CC(F)(F)F. The summed E-state index contributed by atoms with van der Waals surface area (Å²) in [6, 6.07) is 9.24. The topological polar surface area (TPSA) is 20.3 Å². The van der Waals surface area contributed by atoms with Crippen molar-refractivity contribution in [3.05, 3.63) is 35.9 Å². The molecule has 1 rings (SSSR count). The van der Waals surface area contributed by atoms with Gasteiger partial charge in [-0.2, -0.15) is 13.2 Å². The lowest BCUT2D eigenvalue weighted by atomic mass is 10.1. The number of carbonyl (C=O) groups is 1. The molecule has 1 aromatic rings. The van der Waals surface area contributed by atoms with Crippen molar-refractivity contribution in [2.24, 2.45) is 0 Å². The highest BCUT2D eigenvalue weighted by Crippen LogP contribution is 2.17. The number of hydrogen-bond donors (Lipinski definition) is 0. The van der Waals surface area contributed by atoms with Crippen LogP contribution in [0.2, 0.25) is 0 Å². The molecule has 0 saturated carbocycles. The summed E-state index contributed by atoms with van der Waals surface area (Å²) in [6.07, 6.45) is -3.81. The lowest BCUT2D eigenvalue weighted by Gasteiger charge is -2.23. The van der Waals surface area contributed by atoms with Gasteiger partial charge in [-0.05, 0) is 12.0 Å². The number of alkyl halides is 4. The van der Waals surface area contributed by atoms with E-state index in [9.17, 15) is 18.0 Å². The smallest absolute Gasteiger partial charge is 0.333 e. The summed E-state index contributed by atoms with van der Waals surface area (Å²) in [7, 11) is 0. The van der Waals surface area contributed by atoms with Gasteiger partial charge in [-0.15, -0.1) is 0 Å². The van der Waals surface area contributed by atoms with Crippen molar-refractivity contribution in [2.45, 2.75) is 19.0 Å². The minimum absolute atomic E-state index is 0.0626. The average molecular weight is 338 g/mol. The van der Waals surface area contributed by atoms with Crippen LogP contribution in [0, 0.1) is 0 Å². The number of benzene rings is 1. The monoisotopic (exact) mass is 337 g/mol. The zero-order valence-electron chi connectivity index (χ0n) is 10.3. The van der Waals surface area contributed by atoms with Gasteiger partial charge in [-0.3, -0.25) is 4.79 Å². The summed E-state index contributed by atoms with van der Waals surface area (Å²) >= 11 is 3.06. The third kappa shape index (κ3) is 6.61. The van der Waals surface area contributed by atoms with Crippen molar-refractivity contribution in [3.63, 3.8) is 0 Å². The minimum Gasteiger partial charge on any atom is -0.333 e. The summed E-state index contributed by atoms with van der Waals surface area (Å²) in [5, 5.41) is 0.333. The third-order valence-corrected chi connectivity index (χ3v) is 2.90. The molecule has 1 amide bonds. The van der Waals surface area contributed by atoms with E-state index in [4.69, 9.17) is 0 Å². The summed E-state index contributed by atoms with van der Waals surface area (Å²) in [6.45, 7) is -1.13. The molecule has 0 aromatic heterocycles. The van der Waals surface area contributed by atoms with Crippen molar-refractivity contribution in [1.82, 2.24) is 4.90 Å². The molecular weight excluding hydrogens is 323 g/mol. The Bertz CT molecular complexity index is 395. The van der Waals surface area contributed by atoms with Crippen molar-refractivity contribution in [3.8, 4) is 0 Å². The quantitative estimate of drug-likeness (QED) is 0.728. The highest BCUT2D eigenvalue weighted by Gasteiger charge is 2.32. The molecular formula is C13H15BrF3NO. The van der Waals surface area contributed by atoms with Gasteiger partial charge in [0, 0.05) is 18.3 Å². The molecule has 6 heteroatoms. The Labute approximate surface area is 118 Å². The van der Waals surface area contributed by atoms with Gasteiger partial charge in [0.1, 0.15) is 6.54 Å². The standard InChI is InChI=1S/C13H15BrF3NO/c14-8-9-18(10-13(15,16)17)12(19)7-6-11-4-2-1-3-5-11/h1-5H,6-10H2. The van der Waals surface area contributed by atoms with Crippen molar-refractivity contribution >= 4 is 21.8 Å². The summed E-state index contributed by atoms with van der Waals surface area (Å²) in [5.74, 6) is -0.472. The first-order valence-corrected chi connectivity index (χ1v) is 6.99. The summed E-state index contributed by atoms with van der Waals surface area (Å²) < 4.78 is 37.0. The second kappa shape index (κ2) is 7.53. The lowest BCUT2D eigenvalue weighted by Crippen LogP contribution is -2.40. The molecule has 0 heterocycles. The molecule has 0 radical (unpaired) electrons. The second-order valence-corrected chi connectivity index (χ2v) is 4.90. The fourth-order valence-corrected chi connectivity index (χ4v) is 2.09. The van der Waals surface area contributed by atoms with Crippen LogP contribution in [-0.4, -0.2) is 35.4 Å². The first-order valence-electron chi connectivity index (χ1n) is 5.87. The molecule has 106 valence electrons. The van der Waals surface area contributed by atoms with Gasteiger partial charge in [0.2, 0.25) is 5.91 Å². The summed E-state index contributed by atoms with van der Waals surface area (Å²) in [4.78, 5) is 12.6. The summed E-state index contributed by atoms with van der Waals surface area (Å²) in [5.41, 5.74) is 0.946. The first-order chi connectivity index (χ1) is 8.92. The third-order valence-electron chi connectivity index (χ3n) is 2.55. The Morgan fingerprint density at radius 1 is 1.21 bits per heavy atom. The first kappa shape index (κ1) is 16.0. The van der Waals surface area contributed by atoms with Gasteiger partial charge < -0.3 is 4.90 Å². The molecule has 19 heavy (non-hydrogen) atoms. The molecule has 0 aliphatic carbocycles. The zero-order valence-corrected chi connectivity index (χ0v) is 11.9. The van der Waals surface area contributed by atoms with Crippen LogP contribution in [0.25, 0.3) is 0 Å². The number of nitrogens with zero attached hydrogens (tertiary/aromatic N) is 1. The Kier molecular flexibility index (Phi) is 6.34. The van der Waals surface area contributed by atoms with Crippen LogP contribution in [-0.2, 0) is 11.2 Å². The Morgan fingerprint density at radius 2 is 1.84 bits per heavy atom. The maximum absolute atomic E-state index is 12.3. The molecule has 0 fully saturated rings. The largest absolute Gasteiger partial charge is 0.406 e. The highest BCUT2D eigenvalue weighted by atomic mass is 79.9. The predicted molar refractivity (Wildman–Crippen MR) is 71.2 cm³/mol. The van der Waals surface area contributed by atoms with Crippen LogP contribution < -0.4 is 0 Å². The van der Waals surface area contributed by atoms with E-state index in [1.807, 2.05) is 30.3 Å². The van der Waals surface area contributed by atoms with Crippen LogP contribution in [0.3, 0.4) is 0 Å². The van der Waals surface area contributed by atoms with Crippen LogP contribution in [0.5, 0.6) is 0 Å². The van der Waals surface area contributed by atoms with Crippen molar-refractivity contribution < 1.29 is 18.0 Å². The minimum atomic E-state index is -4.36. The molecule has 2 nitrogen and oxygen atoms in total. The van der Waals surface area contributed by atoms with E-state index >= 15 is 0 Å². The van der Waals surface area contributed by atoms with Gasteiger partial charge >= 0.3 is 6.18 Å². The maximum Gasteiger partial charge on any atom is 0.406 e. The van der Waals surface area contributed by atoms with Crippen LogP contribution in [0.1, 0.15) is 12.0 Å². The number of aryl methyl sites for hydroxylation is 1. The Morgan fingerprint density at radius 3 is 2.37 bits per heavy atom. The average Bonchev–Trinajstić information content (AvgIpc) is 2.35. The number of carbonyl (C=O) groups excluding carboxylic acids is 1. The maximum atomic E-state index is 12.3. The molecule has 0 N–H and O–H groups in total. The van der Waals surface area contributed by atoms with Gasteiger partial charge in [0.05, 0.1) is 0 Å². The number of halogens is 4. The second-order valence-electron chi connectivity index (χ2n) is 4.11. The highest BCUT2D eigenvalue weighted by molar-refractivity contribution is 9.09. The molecule has 0 spiro atoms. The van der Waals surface area contributed by atoms with Gasteiger partial charge in [0.15, 0.2) is 0 Å². The van der Waals surface area contributed by atoms with E-state index < -0.39 is 18.6 Å². The molecule has 0 atom stereocenters. The molecule has 0 bridgehead atoms. The normalized spacial score (nSPS) is 11.4. The Balaban J connectivity index is 2.52. The van der Waals surface area contributed by atoms with E-state index in [1.54, 1.807) is 0 Å². The molecule has 1 aromatic carbocycles. The van der Waals surface area contributed by atoms with Gasteiger partial charge in [-0.25, -0.2) is 0 Å². The lowest BCUT2D eigenvalue weighted by molar-refractivity contribution is -0.160. The van der Waals surface area contributed by atoms with E-state index in [-0.39, 0.29) is 13.0 Å². The molecule has 0 aliphatic heterocycles. The van der Waals surface area contributed by atoms with Crippen molar-refractivity contribution in [2.75, 3.05) is 18.4 Å². The van der Waals surface area contributed by atoms with E-state index in [2.05, 4.69) is 15.9 Å². The van der Waals surface area contributed by atoms with Gasteiger partial charge in [0.25, 0.3) is 0 Å². The number of rotatable bonds is 6. The van der Waals surface area contributed by atoms with Crippen molar-refractivity contribution in [1.29, 1.82) is 0 Å². The van der Waals surface area contributed by atoms with E-state index in [1.165, 1.54) is 0 Å². The van der Waals surface area contributed by atoms with Crippen LogP contribution >= 0.6 is 15.9 Å². The Hall–Kier alpha value is -1.04. The number of amides is 1. The fourth-order valence-electron chi connectivity index (χ4n) is 1.66. The zero-order chi connectivity index (χ0) is 14.3. The number of hydrogen-bond acceptors (Lipinski definition) is 1. The van der Waals surface area contributed by atoms with Crippen LogP contribution in [0.15, 0.2) is 30.3 Å². The van der Waals surface area contributed by atoms with Gasteiger partial charge in [-0.1, -0.05) is 46.3 Å². The molecule has 0 unspecified atom stereocenters. The van der Waals surface area contributed by atoms with Crippen LogP contribution in [0.4, 0.5) is 13.2 Å². The predicted octanol–water partition coefficient (Wildman–Crippen LogP) is 3.41. The fraction of sp³-hybridized carbons (Fsp3) is 0.462. The molecule has 0 saturated heterocycles. The van der Waals surface area contributed by atoms with E-state index in [0.29, 0.717) is 11.8 Å².